The maximum atomic E-state index is 11.0. The van der Waals surface area contributed by atoms with Crippen LogP contribution in [0.1, 0.15) is 6.42 Å². The number of carbonyl (C=O) groups excluding carboxylic acids is 1. The van der Waals surface area contributed by atoms with Crippen molar-refractivity contribution in [3.63, 3.8) is 0 Å². The second kappa shape index (κ2) is 4.22. The van der Waals surface area contributed by atoms with E-state index in [2.05, 4.69) is 5.92 Å². The van der Waals surface area contributed by atoms with Crippen molar-refractivity contribution in [1.29, 1.82) is 0 Å². The third-order valence-electron chi connectivity index (χ3n) is 1.62. The molecule has 1 amide bonds. The van der Waals surface area contributed by atoms with Crippen LogP contribution in [0.3, 0.4) is 0 Å². The van der Waals surface area contributed by atoms with E-state index < -0.39 is 0 Å². The summed E-state index contributed by atoms with van der Waals surface area (Å²) in [4.78, 5) is 12.6. The number of halogens is 1. The van der Waals surface area contributed by atoms with E-state index in [0.717, 1.165) is 6.42 Å². The molecule has 1 aliphatic heterocycles. The summed E-state index contributed by atoms with van der Waals surface area (Å²) >= 11 is 0. The second-order valence-electron chi connectivity index (χ2n) is 2.36. The normalized spacial score (nSPS) is 22.7. The molecule has 1 rings (SSSR count). The average Bonchev–Trinajstić information content (AvgIpc) is 2.20. The zero-order valence-electron chi connectivity index (χ0n) is 6.12. The molecule has 0 aromatic heterocycles. The van der Waals surface area contributed by atoms with Gasteiger partial charge in [0.15, 0.2) is 0 Å². The van der Waals surface area contributed by atoms with E-state index in [1.54, 1.807) is 4.90 Å². The largest absolute Gasteiger partial charge is 0.330 e. The van der Waals surface area contributed by atoms with Gasteiger partial charge in [0.25, 0.3) is 0 Å². The van der Waals surface area contributed by atoms with Crippen LogP contribution in [0.25, 0.3) is 0 Å². The van der Waals surface area contributed by atoms with Gasteiger partial charge >= 0.3 is 0 Å². The monoisotopic (exact) mass is 174 g/mol. The molecule has 1 saturated heterocycles. The van der Waals surface area contributed by atoms with Crippen LogP contribution in [-0.2, 0) is 4.79 Å². The Kier molecular flexibility index (Phi) is 3.94. The molecule has 0 radical (unpaired) electrons. The molecule has 3 nitrogen and oxygen atoms in total. The first kappa shape index (κ1) is 10.3. The molecule has 0 aromatic rings. The number of likely N-dealkylation sites (tertiary alicyclic amines) is 1. The molecule has 11 heavy (non-hydrogen) atoms. The van der Waals surface area contributed by atoms with Crippen molar-refractivity contribution in [3.05, 3.63) is 0 Å². The average molecular weight is 175 g/mol. The number of hydrogen-bond acceptors (Lipinski definition) is 2. The van der Waals surface area contributed by atoms with E-state index >= 15 is 0 Å². The van der Waals surface area contributed by atoms with Crippen LogP contribution < -0.4 is 5.73 Å². The van der Waals surface area contributed by atoms with Crippen LogP contribution in [0.5, 0.6) is 0 Å². The minimum Gasteiger partial charge on any atom is -0.330 e. The number of hydrogen-bond donors (Lipinski definition) is 1. The lowest BCUT2D eigenvalue weighted by Gasteiger charge is -2.10. The maximum Gasteiger partial charge on any atom is 0.240 e. The molecule has 1 atom stereocenters. The Labute approximate surface area is 72.3 Å². The predicted octanol–water partition coefficient (Wildman–Crippen LogP) is -0.399. The van der Waals surface area contributed by atoms with Gasteiger partial charge in [-0.1, -0.05) is 5.92 Å². The number of nitrogens with zero attached hydrogens (tertiary/aromatic N) is 1. The summed E-state index contributed by atoms with van der Waals surface area (Å²) < 4.78 is 0. The topological polar surface area (TPSA) is 46.3 Å². The number of nitrogens with two attached hydrogens (primary N) is 1. The van der Waals surface area contributed by atoms with E-state index in [0.29, 0.717) is 13.1 Å². The molecule has 0 spiro atoms. The predicted molar refractivity (Wildman–Crippen MR) is 45.3 cm³/mol. The molecule has 62 valence electrons. The molecule has 0 aromatic carbocycles. The van der Waals surface area contributed by atoms with E-state index in [9.17, 15) is 4.79 Å². The first-order valence-corrected chi connectivity index (χ1v) is 3.23. The van der Waals surface area contributed by atoms with Crippen LogP contribution in [0.4, 0.5) is 0 Å². The zero-order chi connectivity index (χ0) is 7.56. The van der Waals surface area contributed by atoms with Gasteiger partial charge in [0.1, 0.15) is 0 Å². The summed E-state index contributed by atoms with van der Waals surface area (Å²) in [5.41, 5.74) is 5.44. The fourth-order valence-electron chi connectivity index (χ4n) is 1.03. The SMILES string of the molecule is C#CCN1CC[C@H](N)C1=O.Cl. The highest BCUT2D eigenvalue weighted by Gasteiger charge is 2.27. The van der Waals surface area contributed by atoms with Gasteiger partial charge in [-0.15, -0.1) is 18.8 Å². The van der Waals surface area contributed by atoms with Gasteiger partial charge in [-0.2, -0.15) is 0 Å². The summed E-state index contributed by atoms with van der Waals surface area (Å²) in [5.74, 6) is 2.39. The summed E-state index contributed by atoms with van der Waals surface area (Å²) in [5, 5.41) is 0. The second-order valence-corrected chi connectivity index (χ2v) is 2.36. The van der Waals surface area contributed by atoms with Crippen molar-refractivity contribution in [2.24, 2.45) is 5.73 Å². The Hall–Kier alpha value is -0.720. The number of rotatable bonds is 1. The van der Waals surface area contributed by atoms with Gasteiger partial charge in [0.2, 0.25) is 5.91 Å². The fourth-order valence-corrected chi connectivity index (χ4v) is 1.03. The number of amides is 1. The first-order valence-electron chi connectivity index (χ1n) is 3.23. The summed E-state index contributed by atoms with van der Waals surface area (Å²) in [7, 11) is 0. The van der Waals surface area contributed by atoms with Crippen LogP contribution in [0.2, 0.25) is 0 Å². The molecular weight excluding hydrogens is 164 g/mol. The van der Waals surface area contributed by atoms with Gasteiger partial charge in [0, 0.05) is 6.54 Å². The Morgan fingerprint density at radius 1 is 1.82 bits per heavy atom. The van der Waals surface area contributed by atoms with Crippen molar-refractivity contribution in [1.82, 2.24) is 4.90 Å². The maximum absolute atomic E-state index is 11.0. The highest BCUT2D eigenvalue weighted by molar-refractivity contribution is 5.85. The van der Waals surface area contributed by atoms with Gasteiger partial charge in [-0.05, 0) is 6.42 Å². The highest BCUT2D eigenvalue weighted by atomic mass is 35.5. The van der Waals surface area contributed by atoms with Gasteiger partial charge in [-0.3, -0.25) is 4.79 Å². The summed E-state index contributed by atoms with van der Waals surface area (Å²) in [6, 6.07) is -0.312. The molecule has 4 heteroatoms. The van der Waals surface area contributed by atoms with Crippen molar-refractivity contribution >= 4 is 18.3 Å². The molecule has 2 N–H and O–H groups in total. The smallest absolute Gasteiger partial charge is 0.240 e. The Morgan fingerprint density at radius 3 is 2.82 bits per heavy atom. The molecular formula is C7H11ClN2O. The third kappa shape index (κ3) is 2.11. The molecule has 1 fully saturated rings. The molecule has 0 aliphatic carbocycles. The van der Waals surface area contributed by atoms with E-state index in [1.165, 1.54) is 0 Å². The van der Waals surface area contributed by atoms with Crippen LogP contribution in [0, 0.1) is 12.3 Å². The minimum absolute atomic E-state index is 0. The lowest BCUT2D eigenvalue weighted by atomic mass is 10.3. The lowest BCUT2D eigenvalue weighted by molar-refractivity contribution is -0.128. The van der Waals surface area contributed by atoms with Gasteiger partial charge in [0.05, 0.1) is 12.6 Å². The molecule has 0 saturated carbocycles. The first-order chi connectivity index (χ1) is 4.75. The van der Waals surface area contributed by atoms with Gasteiger partial charge in [-0.25, -0.2) is 0 Å². The molecule has 1 heterocycles. The summed E-state index contributed by atoms with van der Waals surface area (Å²) in [6.07, 6.45) is 5.77. The van der Waals surface area contributed by atoms with Crippen LogP contribution in [-0.4, -0.2) is 29.9 Å². The Morgan fingerprint density at radius 2 is 2.45 bits per heavy atom. The standard InChI is InChI=1S/C7H10N2O.ClH/c1-2-4-9-5-3-6(8)7(9)10;/h1,6H,3-5,8H2;1H/t6-;/m0./s1. The van der Waals surface area contributed by atoms with E-state index in [4.69, 9.17) is 12.2 Å². The number of carbonyl (C=O) groups is 1. The quantitative estimate of drug-likeness (QED) is 0.550. The lowest BCUT2D eigenvalue weighted by Crippen LogP contribution is -2.34. The fraction of sp³-hybridized carbons (Fsp3) is 0.571. The molecule has 1 aliphatic rings. The van der Waals surface area contributed by atoms with Crippen molar-refractivity contribution in [3.8, 4) is 12.3 Å². The van der Waals surface area contributed by atoms with Crippen LogP contribution >= 0.6 is 12.4 Å². The van der Waals surface area contributed by atoms with Crippen LogP contribution in [0.15, 0.2) is 0 Å². The number of terminal acetylenes is 1. The zero-order valence-corrected chi connectivity index (χ0v) is 6.93. The minimum atomic E-state index is -0.312. The Bertz CT molecular complexity index is 187. The van der Waals surface area contributed by atoms with Crippen molar-refractivity contribution < 1.29 is 4.79 Å². The molecule has 0 unspecified atom stereocenters. The van der Waals surface area contributed by atoms with Crippen molar-refractivity contribution in [2.75, 3.05) is 13.1 Å². The van der Waals surface area contributed by atoms with Gasteiger partial charge < -0.3 is 10.6 Å². The third-order valence-corrected chi connectivity index (χ3v) is 1.62. The highest BCUT2D eigenvalue weighted by Crippen LogP contribution is 2.07. The van der Waals surface area contributed by atoms with E-state index in [1.807, 2.05) is 0 Å². The summed E-state index contributed by atoms with van der Waals surface area (Å²) in [6.45, 7) is 1.11. The van der Waals surface area contributed by atoms with E-state index in [-0.39, 0.29) is 24.4 Å². The Balaban J connectivity index is 0.000001000. The van der Waals surface area contributed by atoms with Crippen molar-refractivity contribution in [2.45, 2.75) is 12.5 Å². The molecule has 0 bridgehead atoms.